The van der Waals surface area contributed by atoms with Gasteiger partial charge in [-0.05, 0) is 18.6 Å². The molecule has 1 aliphatic heterocycles. The fraction of sp³-hybridized carbons (Fsp3) is 0.417. The first-order valence-electron chi connectivity index (χ1n) is 5.53. The van der Waals surface area contributed by atoms with Gasteiger partial charge in [0.05, 0.1) is 5.54 Å². The van der Waals surface area contributed by atoms with Crippen molar-refractivity contribution in [1.82, 2.24) is 4.90 Å². The van der Waals surface area contributed by atoms with E-state index in [9.17, 15) is 4.79 Å². The summed E-state index contributed by atoms with van der Waals surface area (Å²) in [6.07, 6.45) is 0.905. The van der Waals surface area contributed by atoms with Gasteiger partial charge < -0.3 is 16.0 Å². The van der Waals surface area contributed by atoms with Crippen molar-refractivity contribution in [2.24, 2.45) is 5.73 Å². The number of nitrogens with zero attached hydrogens (tertiary/aromatic N) is 1. The molecule has 0 unspecified atom stereocenters. The van der Waals surface area contributed by atoms with E-state index >= 15 is 0 Å². The van der Waals surface area contributed by atoms with Gasteiger partial charge in [0.2, 0.25) is 0 Å². The highest BCUT2D eigenvalue weighted by Gasteiger charge is 2.40. The minimum atomic E-state index is -0.173. The predicted octanol–water partition coefficient (Wildman–Crippen LogP) is 1.64. The summed E-state index contributed by atoms with van der Waals surface area (Å²) in [6, 6.07) is 9.37. The molecule has 1 saturated heterocycles. The van der Waals surface area contributed by atoms with Crippen molar-refractivity contribution in [3.05, 3.63) is 30.3 Å². The molecule has 0 radical (unpaired) electrons. The number of amides is 2. The number of urea groups is 1. The standard InChI is InChI=1S/C12H17N3O/c1-2-12(13)8-15(9-12)11(16)14-10-6-4-3-5-7-10/h3-7H,2,8-9,13H2,1H3,(H,14,16). The number of carbonyl (C=O) groups excluding carboxylic acids is 1. The van der Waals surface area contributed by atoms with Crippen molar-refractivity contribution >= 4 is 11.7 Å². The third-order valence-corrected chi connectivity index (χ3v) is 3.03. The SMILES string of the molecule is CCC1(N)CN(C(=O)Nc2ccccc2)C1. The molecule has 0 bridgehead atoms. The third-order valence-electron chi connectivity index (χ3n) is 3.03. The average Bonchev–Trinajstić information content (AvgIpc) is 2.26. The Labute approximate surface area is 95.4 Å². The average molecular weight is 219 g/mol. The lowest BCUT2D eigenvalue weighted by Gasteiger charge is -2.47. The number of hydrogen-bond donors (Lipinski definition) is 2. The van der Waals surface area contributed by atoms with Gasteiger partial charge in [-0.1, -0.05) is 25.1 Å². The Balaban J connectivity index is 1.87. The van der Waals surface area contributed by atoms with Gasteiger partial charge in [0, 0.05) is 18.8 Å². The fourth-order valence-electron chi connectivity index (χ4n) is 1.81. The number of anilines is 1. The zero-order valence-corrected chi connectivity index (χ0v) is 9.44. The molecular formula is C12H17N3O. The van der Waals surface area contributed by atoms with Crippen LogP contribution in [0.5, 0.6) is 0 Å². The number of benzene rings is 1. The predicted molar refractivity (Wildman–Crippen MR) is 64.2 cm³/mol. The Morgan fingerprint density at radius 1 is 1.44 bits per heavy atom. The number of likely N-dealkylation sites (tertiary alicyclic amines) is 1. The Hall–Kier alpha value is -1.55. The Kier molecular flexibility index (Phi) is 2.83. The zero-order chi connectivity index (χ0) is 11.6. The minimum Gasteiger partial charge on any atom is -0.322 e. The summed E-state index contributed by atoms with van der Waals surface area (Å²) in [5, 5.41) is 2.84. The van der Waals surface area contributed by atoms with E-state index in [2.05, 4.69) is 5.32 Å². The number of para-hydroxylation sites is 1. The van der Waals surface area contributed by atoms with Crippen molar-refractivity contribution in [2.45, 2.75) is 18.9 Å². The van der Waals surface area contributed by atoms with Gasteiger partial charge in [0.15, 0.2) is 0 Å². The monoisotopic (exact) mass is 219 g/mol. The molecule has 1 aromatic rings. The maximum absolute atomic E-state index is 11.8. The molecule has 2 amide bonds. The van der Waals surface area contributed by atoms with Crippen LogP contribution in [0.15, 0.2) is 30.3 Å². The summed E-state index contributed by atoms with van der Waals surface area (Å²) in [5.74, 6) is 0. The second-order valence-electron chi connectivity index (χ2n) is 4.37. The van der Waals surface area contributed by atoms with Crippen LogP contribution >= 0.6 is 0 Å². The molecule has 1 heterocycles. The highest BCUT2D eigenvalue weighted by Crippen LogP contribution is 2.22. The highest BCUT2D eigenvalue weighted by atomic mass is 16.2. The molecule has 0 aromatic heterocycles. The number of nitrogens with one attached hydrogen (secondary N) is 1. The summed E-state index contributed by atoms with van der Waals surface area (Å²) in [4.78, 5) is 13.5. The van der Waals surface area contributed by atoms with Crippen molar-refractivity contribution in [2.75, 3.05) is 18.4 Å². The van der Waals surface area contributed by atoms with Crippen LogP contribution < -0.4 is 11.1 Å². The molecular weight excluding hydrogens is 202 g/mol. The van der Waals surface area contributed by atoms with Crippen molar-refractivity contribution in [3.8, 4) is 0 Å². The van der Waals surface area contributed by atoms with E-state index in [0.29, 0.717) is 13.1 Å². The lowest BCUT2D eigenvalue weighted by atomic mass is 9.89. The van der Waals surface area contributed by atoms with E-state index in [0.717, 1.165) is 12.1 Å². The van der Waals surface area contributed by atoms with Crippen LogP contribution in [-0.4, -0.2) is 29.6 Å². The molecule has 0 saturated carbocycles. The van der Waals surface area contributed by atoms with E-state index < -0.39 is 0 Å². The normalized spacial score (nSPS) is 17.8. The highest BCUT2D eigenvalue weighted by molar-refractivity contribution is 5.90. The minimum absolute atomic E-state index is 0.0688. The van der Waals surface area contributed by atoms with Gasteiger partial charge in [0.25, 0.3) is 0 Å². The van der Waals surface area contributed by atoms with Gasteiger partial charge in [-0.15, -0.1) is 0 Å². The van der Waals surface area contributed by atoms with Crippen LogP contribution in [0.1, 0.15) is 13.3 Å². The van der Waals surface area contributed by atoms with E-state index in [4.69, 9.17) is 5.73 Å². The summed E-state index contributed by atoms with van der Waals surface area (Å²) < 4.78 is 0. The molecule has 0 atom stereocenters. The summed E-state index contributed by atoms with van der Waals surface area (Å²) in [7, 11) is 0. The second kappa shape index (κ2) is 4.14. The summed E-state index contributed by atoms with van der Waals surface area (Å²) in [6.45, 7) is 3.33. The maximum Gasteiger partial charge on any atom is 0.321 e. The number of nitrogens with two attached hydrogens (primary N) is 1. The summed E-state index contributed by atoms with van der Waals surface area (Å²) in [5.41, 5.74) is 6.65. The molecule has 0 spiro atoms. The third kappa shape index (κ3) is 2.17. The summed E-state index contributed by atoms with van der Waals surface area (Å²) >= 11 is 0. The Morgan fingerprint density at radius 3 is 2.62 bits per heavy atom. The first kappa shape index (κ1) is 11.0. The molecule has 3 N–H and O–H groups in total. The molecule has 2 rings (SSSR count). The fourth-order valence-corrected chi connectivity index (χ4v) is 1.81. The topological polar surface area (TPSA) is 58.4 Å². The first-order valence-corrected chi connectivity index (χ1v) is 5.53. The van der Waals surface area contributed by atoms with E-state index in [1.165, 1.54) is 0 Å². The molecule has 86 valence electrons. The lowest BCUT2D eigenvalue weighted by molar-refractivity contribution is 0.102. The van der Waals surface area contributed by atoms with E-state index in [1.807, 2.05) is 37.3 Å². The maximum atomic E-state index is 11.8. The van der Waals surface area contributed by atoms with Gasteiger partial charge in [0.1, 0.15) is 0 Å². The van der Waals surface area contributed by atoms with Crippen molar-refractivity contribution in [3.63, 3.8) is 0 Å². The van der Waals surface area contributed by atoms with Crippen LogP contribution in [0.25, 0.3) is 0 Å². The van der Waals surface area contributed by atoms with Crippen molar-refractivity contribution < 1.29 is 4.79 Å². The number of carbonyl (C=O) groups is 1. The van der Waals surface area contributed by atoms with Gasteiger partial charge >= 0.3 is 6.03 Å². The number of rotatable bonds is 2. The van der Waals surface area contributed by atoms with E-state index in [1.54, 1.807) is 4.90 Å². The van der Waals surface area contributed by atoms with E-state index in [-0.39, 0.29) is 11.6 Å². The van der Waals surface area contributed by atoms with Crippen LogP contribution in [-0.2, 0) is 0 Å². The lowest BCUT2D eigenvalue weighted by Crippen LogP contribution is -2.68. The van der Waals surface area contributed by atoms with Crippen LogP contribution in [0.4, 0.5) is 10.5 Å². The second-order valence-corrected chi connectivity index (χ2v) is 4.37. The zero-order valence-electron chi connectivity index (χ0n) is 9.44. The van der Waals surface area contributed by atoms with Crippen LogP contribution in [0.3, 0.4) is 0 Å². The molecule has 1 aromatic carbocycles. The molecule has 1 fully saturated rings. The largest absolute Gasteiger partial charge is 0.322 e. The molecule has 0 aliphatic carbocycles. The van der Waals surface area contributed by atoms with Gasteiger partial charge in [-0.2, -0.15) is 0 Å². The first-order chi connectivity index (χ1) is 7.63. The van der Waals surface area contributed by atoms with Gasteiger partial charge in [-0.25, -0.2) is 4.79 Å². The smallest absolute Gasteiger partial charge is 0.321 e. The molecule has 16 heavy (non-hydrogen) atoms. The number of hydrogen-bond acceptors (Lipinski definition) is 2. The Bertz CT molecular complexity index is 371. The Morgan fingerprint density at radius 2 is 2.06 bits per heavy atom. The molecule has 1 aliphatic rings. The van der Waals surface area contributed by atoms with Gasteiger partial charge in [-0.3, -0.25) is 0 Å². The van der Waals surface area contributed by atoms with Crippen molar-refractivity contribution in [1.29, 1.82) is 0 Å². The quantitative estimate of drug-likeness (QED) is 0.794. The molecule has 4 heteroatoms. The molecule has 4 nitrogen and oxygen atoms in total. The van der Waals surface area contributed by atoms with Crippen LogP contribution in [0.2, 0.25) is 0 Å². The van der Waals surface area contributed by atoms with Crippen LogP contribution in [0, 0.1) is 0 Å².